The number of anilines is 2. The van der Waals surface area contributed by atoms with E-state index >= 15 is 0 Å². The molecule has 2 aromatic carbocycles. The third-order valence-electron chi connectivity index (χ3n) is 3.75. The number of benzene rings is 2. The molecule has 132 valence electrons. The standard InChI is InChI=1S/C19H16F2N4O/c1-12(13-5-3-2-4-6-13)22-17-9-10-18(25-24-17)23-19(26)14-7-8-15(20)16(21)11-14/h2-12H,1H3,(H,22,24)(H,23,25,26). The molecule has 0 bridgehead atoms. The molecule has 2 N–H and O–H groups in total. The van der Waals surface area contributed by atoms with E-state index in [0.717, 1.165) is 17.7 Å². The van der Waals surface area contributed by atoms with E-state index in [2.05, 4.69) is 20.8 Å². The van der Waals surface area contributed by atoms with Crippen molar-refractivity contribution in [2.75, 3.05) is 10.6 Å². The molecule has 1 heterocycles. The summed E-state index contributed by atoms with van der Waals surface area (Å²) in [6.07, 6.45) is 0. The molecule has 0 aliphatic heterocycles. The van der Waals surface area contributed by atoms with Gasteiger partial charge in [0.1, 0.15) is 5.82 Å². The van der Waals surface area contributed by atoms with Gasteiger partial charge in [-0.3, -0.25) is 4.79 Å². The van der Waals surface area contributed by atoms with Gasteiger partial charge in [0.2, 0.25) is 0 Å². The van der Waals surface area contributed by atoms with Gasteiger partial charge in [0.25, 0.3) is 5.91 Å². The maximum atomic E-state index is 13.2. The van der Waals surface area contributed by atoms with Crippen molar-refractivity contribution in [1.29, 1.82) is 0 Å². The molecule has 1 unspecified atom stereocenters. The van der Waals surface area contributed by atoms with E-state index in [1.165, 1.54) is 6.07 Å². The van der Waals surface area contributed by atoms with Crippen LogP contribution in [0.25, 0.3) is 0 Å². The fourth-order valence-electron chi connectivity index (χ4n) is 2.35. The Morgan fingerprint density at radius 3 is 2.27 bits per heavy atom. The molecule has 26 heavy (non-hydrogen) atoms. The van der Waals surface area contributed by atoms with Gasteiger partial charge in [-0.1, -0.05) is 30.3 Å². The molecule has 1 amide bonds. The summed E-state index contributed by atoms with van der Waals surface area (Å²) in [5, 5.41) is 13.6. The Morgan fingerprint density at radius 1 is 0.923 bits per heavy atom. The van der Waals surface area contributed by atoms with Crippen LogP contribution in [-0.4, -0.2) is 16.1 Å². The minimum absolute atomic E-state index is 0.00870. The number of hydrogen-bond donors (Lipinski definition) is 2. The van der Waals surface area contributed by atoms with Gasteiger partial charge in [-0.2, -0.15) is 0 Å². The van der Waals surface area contributed by atoms with Crippen molar-refractivity contribution in [3.05, 3.63) is 83.4 Å². The van der Waals surface area contributed by atoms with E-state index in [4.69, 9.17) is 0 Å². The highest BCUT2D eigenvalue weighted by Crippen LogP contribution is 2.18. The van der Waals surface area contributed by atoms with Crippen molar-refractivity contribution < 1.29 is 13.6 Å². The highest BCUT2D eigenvalue weighted by molar-refractivity contribution is 6.03. The minimum atomic E-state index is -1.09. The molecule has 0 fully saturated rings. The SMILES string of the molecule is CC(Nc1ccc(NC(=O)c2ccc(F)c(F)c2)nn1)c1ccccc1. The second-order valence-electron chi connectivity index (χ2n) is 5.66. The summed E-state index contributed by atoms with van der Waals surface area (Å²) >= 11 is 0. The molecule has 1 atom stereocenters. The van der Waals surface area contributed by atoms with E-state index < -0.39 is 17.5 Å². The maximum absolute atomic E-state index is 13.2. The summed E-state index contributed by atoms with van der Waals surface area (Å²) in [4.78, 5) is 12.0. The lowest BCUT2D eigenvalue weighted by Crippen LogP contribution is -2.14. The van der Waals surface area contributed by atoms with E-state index in [1.807, 2.05) is 37.3 Å². The highest BCUT2D eigenvalue weighted by Gasteiger charge is 2.11. The largest absolute Gasteiger partial charge is 0.362 e. The van der Waals surface area contributed by atoms with Gasteiger partial charge in [0.15, 0.2) is 17.5 Å². The predicted molar refractivity (Wildman–Crippen MR) is 94.8 cm³/mol. The first-order valence-electron chi connectivity index (χ1n) is 7.94. The van der Waals surface area contributed by atoms with Gasteiger partial charge < -0.3 is 10.6 Å². The smallest absolute Gasteiger partial charge is 0.256 e. The van der Waals surface area contributed by atoms with Crippen LogP contribution in [0.4, 0.5) is 20.4 Å². The number of halogens is 2. The van der Waals surface area contributed by atoms with Gasteiger partial charge in [0, 0.05) is 11.6 Å². The number of rotatable bonds is 5. The number of nitrogens with one attached hydrogen (secondary N) is 2. The second kappa shape index (κ2) is 7.69. The minimum Gasteiger partial charge on any atom is -0.362 e. The molecule has 0 saturated carbocycles. The molecule has 0 radical (unpaired) electrons. The van der Waals surface area contributed by atoms with Crippen molar-refractivity contribution in [2.24, 2.45) is 0 Å². The van der Waals surface area contributed by atoms with Gasteiger partial charge in [0.05, 0.1) is 0 Å². The molecule has 0 aliphatic carbocycles. The zero-order chi connectivity index (χ0) is 18.5. The first kappa shape index (κ1) is 17.5. The Balaban J connectivity index is 1.64. The average molecular weight is 354 g/mol. The summed E-state index contributed by atoms with van der Waals surface area (Å²) in [6, 6.07) is 16.1. The lowest BCUT2D eigenvalue weighted by atomic mass is 10.1. The summed E-state index contributed by atoms with van der Waals surface area (Å²) in [5.74, 6) is -1.94. The Hall–Kier alpha value is -3.35. The van der Waals surface area contributed by atoms with Crippen LogP contribution in [-0.2, 0) is 0 Å². The normalized spacial score (nSPS) is 11.7. The van der Waals surface area contributed by atoms with Crippen LogP contribution in [0.15, 0.2) is 60.7 Å². The third kappa shape index (κ3) is 4.18. The van der Waals surface area contributed by atoms with Crippen molar-refractivity contribution in [3.63, 3.8) is 0 Å². The molecular weight excluding hydrogens is 338 g/mol. The van der Waals surface area contributed by atoms with Crippen LogP contribution in [0.5, 0.6) is 0 Å². The first-order chi connectivity index (χ1) is 12.5. The number of carbonyl (C=O) groups is 1. The molecule has 7 heteroatoms. The van der Waals surface area contributed by atoms with Crippen molar-refractivity contribution in [3.8, 4) is 0 Å². The second-order valence-corrected chi connectivity index (χ2v) is 5.66. The highest BCUT2D eigenvalue weighted by atomic mass is 19.2. The molecule has 0 spiro atoms. The van der Waals surface area contributed by atoms with Crippen molar-refractivity contribution >= 4 is 17.5 Å². The predicted octanol–water partition coefficient (Wildman–Crippen LogP) is 4.18. The summed E-state index contributed by atoms with van der Waals surface area (Å²) in [6.45, 7) is 2.00. The average Bonchev–Trinajstić information content (AvgIpc) is 2.66. The number of hydrogen-bond acceptors (Lipinski definition) is 4. The van der Waals surface area contributed by atoms with E-state index in [9.17, 15) is 13.6 Å². The first-order valence-corrected chi connectivity index (χ1v) is 7.94. The Labute approximate surface area is 149 Å². The number of amides is 1. The fourth-order valence-corrected chi connectivity index (χ4v) is 2.35. The Kier molecular flexibility index (Phi) is 5.17. The molecule has 3 aromatic rings. The van der Waals surface area contributed by atoms with Gasteiger partial charge >= 0.3 is 0 Å². The van der Waals surface area contributed by atoms with E-state index in [0.29, 0.717) is 5.82 Å². The quantitative estimate of drug-likeness (QED) is 0.721. The van der Waals surface area contributed by atoms with Crippen LogP contribution in [0, 0.1) is 11.6 Å². The number of aromatic nitrogens is 2. The fraction of sp³-hybridized carbons (Fsp3) is 0.105. The zero-order valence-electron chi connectivity index (χ0n) is 13.9. The van der Waals surface area contributed by atoms with Crippen LogP contribution in [0.2, 0.25) is 0 Å². The number of carbonyl (C=O) groups excluding carboxylic acids is 1. The van der Waals surface area contributed by atoms with Crippen LogP contribution in [0.3, 0.4) is 0 Å². The van der Waals surface area contributed by atoms with Gasteiger partial charge in [-0.05, 0) is 42.8 Å². The lowest BCUT2D eigenvalue weighted by Gasteiger charge is -2.14. The van der Waals surface area contributed by atoms with Crippen LogP contribution >= 0.6 is 0 Å². The van der Waals surface area contributed by atoms with Crippen molar-refractivity contribution in [2.45, 2.75) is 13.0 Å². The summed E-state index contributed by atoms with van der Waals surface area (Å²) < 4.78 is 26.1. The molecule has 5 nitrogen and oxygen atoms in total. The molecule has 0 aliphatic rings. The van der Waals surface area contributed by atoms with Gasteiger partial charge in [-0.15, -0.1) is 10.2 Å². The Morgan fingerprint density at radius 2 is 1.62 bits per heavy atom. The molecular formula is C19H16F2N4O. The molecule has 0 saturated heterocycles. The monoisotopic (exact) mass is 354 g/mol. The van der Waals surface area contributed by atoms with E-state index in [1.54, 1.807) is 12.1 Å². The third-order valence-corrected chi connectivity index (χ3v) is 3.75. The Bertz CT molecular complexity index is 901. The molecule has 3 rings (SSSR count). The maximum Gasteiger partial charge on any atom is 0.256 e. The topological polar surface area (TPSA) is 66.9 Å². The van der Waals surface area contributed by atoms with Crippen molar-refractivity contribution in [1.82, 2.24) is 10.2 Å². The van der Waals surface area contributed by atoms with Crippen LogP contribution < -0.4 is 10.6 Å². The van der Waals surface area contributed by atoms with E-state index in [-0.39, 0.29) is 17.4 Å². The number of nitrogens with zero attached hydrogens (tertiary/aromatic N) is 2. The van der Waals surface area contributed by atoms with Crippen LogP contribution in [0.1, 0.15) is 28.9 Å². The van der Waals surface area contributed by atoms with Gasteiger partial charge in [-0.25, -0.2) is 8.78 Å². The lowest BCUT2D eigenvalue weighted by molar-refractivity contribution is 0.102. The molecule has 1 aromatic heterocycles. The zero-order valence-corrected chi connectivity index (χ0v) is 13.9. The summed E-state index contributed by atoms with van der Waals surface area (Å²) in [7, 11) is 0. The summed E-state index contributed by atoms with van der Waals surface area (Å²) in [5.41, 5.74) is 1.09.